The third-order valence-electron chi connectivity index (χ3n) is 2.85. The van der Waals surface area contributed by atoms with Crippen LogP contribution >= 0.6 is 15.9 Å². The molecule has 0 aliphatic heterocycles. The number of aromatic nitrogens is 2. The Morgan fingerprint density at radius 2 is 2.06 bits per heavy atom. The van der Waals surface area contributed by atoms with Gasteiger partial charge in [-0.05, 0) is 40.9 Å². The fourth-order valence-corrected chi connectivity index (χ4v) is 2.53. The number of aromatic amines is 1. The topological polar surface area (TPSA) is 28.7 Å². The maximum Gasteiger partial charge on any atom is 0.132 e. The van der Waals surface area contributed by atoms with Crippen LogP contribution in [0.25, 0.3) is 11.3 Å². The number of hydrogen-bond acceptors (Lipinski definition) is 1. The van der Waals surface area contributed by atoms with Gasteiger partial charge in [-0.25, -0.2) is 4.39 Å². The Bertz CT molecular complexity index is 532. The van der Waals surface area contributed by atoms with E-state index < -0.39 is 0 Å². The van der Waals surface area contributed by atoms with Crippen molar-refractivity contribution in [2.24, 2.45) is 0 Å². The van der Waals surface area contributed by atoms with Crippen LogP contribution in [0.15, 0.2) is 28.7 Å². The number of halogens is 2. The van der Waals surface area contributed by atoms with Crippen LogP contribution in [0.2, 0.25) is 0 Å². The van der Waals surface area contributed by atoms with Gasteiger partial charge in [0.05, 0.1) is 10.2 Å². The molecule has 0 bridgehead atoms. The first-order valence-corrected chi connectivity index (χ1v) is 6.05. The second-order valence-electron chi connectivity index (χ2n) is 4.05. The smallest absolute Gasteiger partial charge is 0.132 e. The third kappa shape index (κ3) is 1.57. The first-order valence-electron chi connectivity index (χ1n) is 5.26. The van der Waals surface area contributed by atoms with Gasteiger partial charge >= 0.3 is 0 Å². The molecular weight excluding hydrogens is 271 g/mol. The average molecular weight is 281 g/mol. The van der Waals surface area contributed by atoms with Gasteiger partial charge in [-0.3, -0.25) is 5.10 Å². The second-order valence-corrected chi connectivity index (χ2v) is 4.85. The monoisotopic (exact) mass is 280 g/mol. The molecule has 4 heteroatoms. The molecule has 0 amide bonds. The van der Waals surface area contributed by atoms with E-state index in [2.05, 4.69) is 26.1 Å². The van der Waals surface area contributed by atoms with Gasteiger partial charge in [0.1, 0.15) is 11.5 Å². The Morgan fingerprint density at radius 3 is 2.75 bits per heavy atom. The van der Waals surface area contributed by atoms with Crippen molar-refractivity contribution in [3.05, 3.63) is 40.2 Å². The van der Waals surface area contributed by atoms with Gasteiger partial charge in [0.25, 0.3) is 0 Å². The van der Waals surface area contributed by atoms with Crippen molar-refractivity contribution in [1.82, 2.24) is 10.2 Å². The van der Waals surface area contributed by atoms with Gasteiger partial charge in [-0.2, -0.15) is 5.10 Å². The third-order valence-corrected chi connectivity index (χ3v) is 3.65. The quantitative estimate of drug-likeness (QED) is 0.889. The van der Waals surface area contributed by atoms with Gasteiger partial charge in [-0.15, -0.1) is 0 Å². The summed E-state index contributed by atoms with van der Waals surface area (Å²) < 4.78 is 14.5. The Balaban J connectivity index is 2.10. The van der Waals surface area contributed by atoms with E-state index in [1.165, 1.54) is 18.9 Å². The van der Waals surface area contributed by atoms with E-state index in [9.17, 15) is 4.39 Å². The maximum atomic E-state index is 13.6. The van der Waals surface area contributed by atoms with Crippen LogP contribution in [0, 0.1) is 5.82 Å². The molecule has 2 nitrogen and oxygen atoms in total. The zero-order valence-electron chi connectivity index (χ0n) is 8.50. The Labute approximate surface area is 101 Å². The molecular formula is C12H10BrFN2. The summed E-state index contributed by atoms with van der Waals surface area (Å²) in [5.74, 6) is 0.333. The predicted octanol–water partition coefficient (Wildman–Crippen LogP) is 3.86. The molecule has 1 saturated carbocycles. The van der Waals surface area contributed by atoms with Crippen LogP contribution in [0.1, 0.15) is 24.5 Å². The lowest BCUT2D eigenvalue weighted by Crippen LogP contribution is -1.84. The van der Waals surface area contributed by atoms with Crippen LogP contribution in [-0.4, -0.2) is 10.2 Å². The summed E-state index contributed by atoms with van der Waals surface area (Å²) in [4.78, 5) is 0. The van der Waals surface area contributed by atoms with Crippen LogP contribution in [0.3, 0.4) is 0 Å². The van der Waals surface area contributed by atoms with Crippen LogP contribution in [0.5, 0.6) is 0 Å². The summed E-state index contributed by atoms with van der Waals surface area (Å²) in [5.41, 5.74) is 2.30. The summed E-state index contributed by atoms with van der Waals surface area (Å²) in [6, 6.07) is 6.69. The van der Waals surface area contributed by atoms with E-state index in [4.69, 9.17) is 0 Å². The standard InChI is InChI=1S/C12H10BrFN2/c13-10-11(7-5-6-7)15-16-12(10)8-3-1-2-4-9(8)14/h1-4,7H,5-6H2,(H,15,16). The largest absolute Gasteiger partial charge is 0.280 e. The predicted molar refractivity (Wildman–Crippen MR) is 63.7 cm³/mol. The highest BCUT2D eigenvalue weighted by molar-refractivity contribution is 9.10. The molecule has 1 N–H and O–H groups in total. The van der Waals surface area contributed by atoms with Crippen molar-refractivity contribution in [3.8, 4) is 11.3 Å². The highest BCUT2D eigenvalue weighted by Crippen LogP contribution is 2.44. The van der Waals surface area contributed by atoms with Crippen LogP contribution in [0.4, 0.5) is 4.39 Å². The number of nitrogens with one attached hydrogen (secondary N) is 1. The van der Waals surface area contributed by atoms with Crippen molar-refractivity contribution in [3.63, 3.8) is 0 Å². The first kappa shape index (κ1) is 10.0. The summed E-state index contributed by atoms with van der Waals surface area (Å²) >= 11 is 3.50. The number of hydrogen-bond donors (Lipinski definition) is 1. The summed E-state index contributed by atoms with van der Waals surface area (Å²) in [7, 11) is 0. The number of benzene rings is 1. The molecule has 0 radical (unpaired) electrons. The summed E-state index contributed by atoms with van der Waals surface area (Å²) in [6.07, 6.45) is 2.38. The lowest BCUT2D eigenvalue weighted by molar-refractivity contribution is 0.630. The van der Waals surface area contributed by atoms with Gasteiger partial charge in [0.15, 0.2) is 0 Å². The Hall–Kier alpha value is -1.16. The van der Waals surface area contributed by atoms with Gasteiger partial charge in [-0.1, -0.05) is 12.1 Å². The molecule has 16 heavy (non-hydrogen) atoms. The second kappa shape index (κ2) is 3.70. The van der Waals surface area contributed by atoms with Crippen LogP contribution < -0.4 is 0 Å². The first-order chi connectivity index (χ1) is 7.77. The van der Waals surface area contributed by atoms with Crippen LogP contribution in [-0.2, 0) is 0 Å². The summed E-state index contributed by atoms with van der Waals surface area (Å²) in [5, 5.41) is 7.19. The van der Waals surface area contributed by atoms with Crippen molar-refractivity contribution in [2.75, 3.05) is 0 Å². The fraction of sp³-hybridized carbons (Fsp3) is 0.250. The zero-order valence-corrected chi connectivity index (χ0v) is 10.1. The van der Waals surface area contributed by atoms with E-state index in [-0.39, 0.29) is 5.82 Å². The highest BCUT2D eigenvalue weighted by Gasteiger charge is 2.29. The molecule has 0 unspecified atom stereocenters. The molecule has 0 atom stereocenters. The Morgan fingerprint density at radius 1 is 1.31 bits per heavy atom. The van der Waals surface area contributed by atoms with Gasteiger partial charge in [0, 0.05) is 11.5 Å². The van der Waals surface area contributed by atoms with E-state index >= 15 is 0 Å². The normalized spacial score (nSPS) is 15.4. The maximum absolute atomic E-state index is 13.6. The molecule has 1 aromatic heterocycles. The lowest BCUT2D eigenvalue weighted by Gasteiger charge is -1.99. The Kier molecular flexibility index (Phi) is 2.32. The van der Waals surface area contributed by atoms with Gasteiger partial charge in [0.2, 0.25) is 0 Å². The minimum absolute atomic E-state index is 0.239. The van der Waals surface area contributed by atoms with Crippen molar-refractivity contribution in [2.45, 2.75) is 18.8 Å². The lowest BCUT2D eigenvalue weighted by atomic mass is 10.1. The number of rotatable bonds is 2. The zero-order chi connectivity index (χ0) is 11.1. The van der Waals surface area contributed by atoms with Crippen molar-refractivity contribution >= 4 is 15.9 Å². The SMILES string of the molecule is Fc1ccccc1-c1n[nH]c(C2CC2)c1Br. The molecule has 1 aliphatic carbocycles. The van der Waals surface area contributed by atoms with Crippen molar-refractivity contribution in [1.29, 1.82) is 0 Å². The molecule has 1 aliphatic rings. The van der Waals surface area contributed by atoms with E-state index in [1.807, 2.05) is 6.07 Å². The van der Waals surface area contributed by atoms with Crippen molar-refractivity contribution < 1.29 is 4.39 Å². The highest BCUT2D eigenvalue weighted by atomic mass is 79.9. The van der Waals surface area contributed by atoms with Gasteiger partial charge < -0.3 is 0 Å². The molecule has 1 heterocycles. The molecule has 1 aromatic carbocycles. The minimum Gasteiger partial charge on any atom is -0.280 e. The molecule has 0 saturated heterocycles. The van der Waals surface area contributed by atoms with E-state index in [1.54, 1.807) is 12.1 Å². The molecule has 2 aromatic rings. The summed E-state index contributed by atoms with van der Waals surface area (Å²) in [6.45, 7) is 0. The number of nitrogens with zero attached hydrogens (tertiary/aromatic N) is 1. The minimum atomic E-state index is -0.239. The molecule has 1 fully saturated rings. The fourth-order valence-electron chi connectivity index (χ4n) is 1.82. The average Bonchev–Trinajstić information content (AvgIpc) is 3.05. The molecule has 82 valence electrons. The molecule has 3 rings (SSSR count). The number of H-pyrrole nitrogens is 1. The molecule has 0 spiro atoms. The van der Waals surface area contributed by atoms with E-state index in [0.29, 0.717) is 17.2 Å². The van der Waals surface area contributed by atoms with E-state index in [0.717, 1.165) is 10.2 Å².